The summed E-state index contributed by atoms with van der Waals surface area (Å²) in [7, 11) is 0. The van der Waals surface area contributed by atoms with Gasteiger partial charge in [0.15, 0.2) is 0 Å². The van der Waals surface area contributed by atoms with Crippen molar-refractivity contribution in [3.05, 3.63) is 64.8 Å². The van der Waals surface area contributed by atoms with Crippen LogP contribution in [0.1, 0.15) is 41.0 Å². The average Bonchev–Trinajstić information content (AvgIpc) is 3.18. The fraction of sp³-hybridized carbons (Fsp3) is 0.200. The van der Waals surface area contributed by atoms with Crippen molar-refractivity contribution in [3.63, 3.8) is 0 Å². The Labute approximate surface area is 160 Å². The fourth-order valence-electron chi connectivity index (χ4n) is 3.01. The molecule has 27 heavy (non-hydrogen) atoms. The van der Waals surface area contributed by atoms with Crippen LogP contribution < -0.4 is 10.6 Å². The van der Waals surface area contributed by atoms with Gasteiger partial charge in [0, 0.05) is 23.7 Å². The molecule has 4 rings (SSSR count). The minimum atomic E-state index is -0.216. The molecule has 3 aromatic rings. The van der Waals surface area contributed by atoms with Gasteiger partial charge in [-0.05, 0) is 42.7 Å². The molecule has 7 heteroatoms. The number of hydrogen-bond acceptors (Lipinski definition) is 5. The number of thiazole rings is 1. The second-order valence-electron chi connectivity index (χ2n) is 6.41. The third-order valence-corrected chi connectivity index (χ3v) is 5.36. The van der Waals surface area contributed by atoms with Crippen LogP contribution in [0.4, 0.5) is 5.69 Å². The predicted molar refractivity (Wildman–Crippen MR) is 105 cm³/mol. The van der Waals surface area contributed by atoms with Crippen molar-refractivity contribution in [2.45, 2.75) is 25.8 Å². The molecule has 0 fully saturated rings. The van der Waals surface area contributed by atoms with E-state index in [4.69, 9.17) is 0 Å². The highest BCUT2D eigenvalue weighted by molar-refractivity contribution is 7.13. The number of carbonyl (C=O) groups excluding carboxylic acids is 2. The lowest BCUT2D eigenvalue weighted by Gasteiger charge is -2.20. The number of aryl methyl sites for hydroxylation is 1. The number of nitrogens with zero attached hydrogens (tertiary/aromatic N) is 2. The second kappa shape index (κ2) is 7.28. The van der Waals surface area contributed by atoms with E-state index in [9.17, 15) is 9.59 Å². The van der Waals surface area contributed by atoms with Gasteiger partial charge < -0.3 is 10.6 Å². The molecule has 0 aliphatic carbocycles. The van der Waals surface area contributed by atoms with Crippen LogP contribution in [0.5, 0.6) is 0 Å². The summed E-state index contributed by atoms with van der Waals surface area (Å²) in [5.41, 5.74) is 4.09. The first-order chi connectivity index (χ1) is 13.1. The first-order valence-electron chi connectivity index (χ1n) is 8.70. The molecule has 0 radical (unpaired) electrons. The first kappa shape index (κ1) is 17.4. The zero-order valence-electron chi connectivity index (χ0n) is 14.7. The van der Waals surface area contributed by atoms with Crippen molar-refractivity contribution in [1.29, 1.82) is 0 Å². The van der Waals surface area contributed by atoms with E-state index in [2.05, 4.69) is 20.6 Å². The molecule has 136 valence electrons. The minimum Gasteiger partial charge on any atom is -0.344 e. The quantitative estimate of drug-likeness (QED) is 0.727. The SMILES string of the molecule is C[C@H](NC(=O)c1csc(-c2ccccn2)n1)c1ccc2c(c1)CCC(=O)N2. The van der Waals surface area contributed by atoms with Gasteiger partial charge >= 0.3 is 0 Å². The van der Waals surface area contributed by atoms with Gasteiger partial charge in [0.1, 0.15) is 10.7 Å². The van der Waals surface area contributed by atoms with Crippen LogP contribution >= 0.6 is 11.3 Å². The highest BCUT2D eigenvalue weighted by atomic mass is 32.1. The van der Waals surface area contributed by atoms with E-state index in [-0.39, 0.29) is 17.9 Å². The van der Waals surface area contributed by atoms with E-state index >= 15 is 0 Å². The number of nitrogens with one attached hydrogen (secondary N) is 2. The van der Waals surface area contributed by atoms with E-state index < -0.39 is 0 Å². The van der Waals surface area contributed by atoms with Crippen LogP contribution in [-0.2, 0) is 11.2 Å². The number of fused-ring (bicyclic) bond motifs is 1. The standard InChI is InChI=1S/C20H18N4O2S/c1-12(13-5-7-15-14(10-13)6-8-18(25)23-15)22-19(26)17-11-27-20(24-17)16-4-2-3-9-21-16/h2-5,7,9-12H,6,8H2,1H3,(H,22,26)(H,23,25)/t12-/m0/s1. The smallest absolute Gasteiger partial charge is 0.271 e. The Bertz CT molecular complexity index is 1000. The molecule has 0 unspecified atom stereocenters. The molecule has 2 amide bonds. The van der Waals surface area contributed by atoms with E-state index in [1.54, 1.807) is 11.6 Å². The molecule has 1 atom stereocenters. The Morgan fingerprint density at radius 2 is 2.15 bits per heavy atom. The minimum absolute atomic E-state index is 0.0452. The van der Waals surface area contributed by atoms with Crippen molar-refractivity contribution in [3.8, 4) is 10.7 Å². The second-order valence-corrected chi connectivity index (χ2v) is 7.27. The van der Waals surface area contributed by atoms with Crippen LogP contribution in [0, 0.1) is 0 Å². The van der Waals surface area contributed by atoms with Crippen LogP contribution in [0.25, 0.3) is 10.7 Å². The maximum Gasteiger partial charge on any atom is 0.271 e. The highest BCUT2D eigenvalue weighted by Crippen LogP contribution is 2.26. The lowest BCUT2D eigenvalue weighted by Crippen LogP contribution is -2.27. The van der Waals surface area contributed by atoms with Crippen LogP contribution in [0.15, 0.2) is 48.0 Å². The lowest BCUT2D eigenvalue weighted by molar-refractivity contribution is -0.116. The van der Waals surface area contributed by atoms with Gasteiger partial charge in [0.25, 0.3) is 5.91 Å². The van der Waals surface area contributed by atoms with Crippen LogP contribution in [-0.4, -0.2) is 21.8 Å². The molecule has 0 saturated heterocycles. The van der Waals surface area contributed by atoms with Gasteiger partial charge in [-0.1, -0.05) is 18.2 Å². The van der Waals surface area contributed by atoms with E-state index in [1.807, 2.05) is 43.3 Å². The lowest BCUT2D eigenvalue weighted by atomic mass is 9.98. The number of aromatic nitrogens is 2. The number of amides is 2. The molecule has 6 nitrogen and oxygen atoms in total. The number of anilines is 1. The number of benzene rings is 1. The van der Waals surface area contributed by atoms with Crippen molar-refractivity contribution in [2.75, 3.05) is 5.32 Å². The number of hydrogen-bond donors (Lipinski definition) is 2. The summed E-state index contributed by atoms with van der Waals surface area (Å²) in [6.45, 7) is 1.94. The molecule has 1 aromatic carbocycles. The summed E-state index contributed by atoms with van der Waals surface area (Å²) in [4.78, 5) is 32.7. The third-order valence-electron chi connectivity index (χ3n) is 4.49. The van der Waals surface area contributed by atoms with E-state index in [1.165, 1.54) is 11.3 Å². The van der Waals surface area contributed by atoms with Crippen LogP contribution in [0.3, 0.4) is 0 Å². The zero-order valence-corrected chi connectivity index (χ0v) is 15.5. The highest BCUT2D eigenvalue weighted by Gasteiger charge is 2.19. The van der Waals surface area contributed by atoms with Gasteiger partial charge in [-0.2, -0.15) is 0 Å². The maximum atomic E-state index is 12.6. The number of pyridine rings is 1. The molecule has 1 aliphatic heterocycles. The summed E-state index contributed by atoms with van der Waals surface area (Å²) in [5.74, 6) is -0.171. The molecule has 0 spiro atoms. The topological polar surface area (TPSA) is 84.0 Å². The number of carbonyl (C=O) groups is 2. The molecular formula is C20H18N4O2S. The molecule has 1 aliphatic rings. The molecule has 2 aromatic heterocycles. The van der Waals surface area contributed by atoms with Gasteiger partial charge in [-0.3, -0.25) is 14.6 Å². The number of rotatable bonds is 4. The largest absolute Gasteiger partial charge is 0.344 e. The molecule has 3 heterocycles. The monoisotopic (exact) mass is 378 g/mol. The van der Waals surface area contributed by atoms with Gasteiger partial charge in [0.05, 0.1) is 11.7 Å². The fourth-order valence-corrected chi connectivity index (χ4v) is 3.79. The van der Waals surface area contributed by atoms with Crippen molar-refractivity contribution < 1.29 is 9.59 Å². The van der Waals surface area contributed by atoms with E-state index in [0.717, 1.165) is 33.9 Å². The summed E-state index contributed by atoms with van der Waals surface area (Å²) in [6, 6.07) is 11.3. The van der Waals surface area contributed by atoms with Crippen LogP contribution in [0.2, 0.25) is 0 Å². The van der Waals surface area contributed by atoms with Crippen molar-refractivity contribution in [1.82, 2.24) is 15.3 Å². The van der Waals surface area contributed by atoms with Gasteiger partial charge in [-0.25, -0.2) is 4.98 Å². The Balaban J connectivity index is 1.47. The predicted octanol–water partition coefficient (Wildman–Crippen LogP) is 3.58. The zero-order chi connectivity index (χ0) is 18.8. The summed E-state index contributed by atoms with van der Waals surface area (Å²) < 4.78 is 0. The van der Waals surface area contributed by atoms with Gasteiger partial charge in [0.2, 0.25) is 5.91 Å². The molecule has 0 bridgehead atoms. The summed E-state index contributed by atoms with van der Waals surface area (Å²) in [5, 5.41) is 8.33. The molecule has 0 saturated carbocycles. The van der Waals surface area contributed by atoms with E-state index in [0.29, 0.717) is 12.1 Å². The molecule has 2 N–H and O–H groups in total. The van der Waals surface area contributed by atoms with Gasteiger partial charge in [-0.15, -0.1) is 11.3 Å². The van der Waals surface area contributed by atoms with Crippen molar-refractivity contribution >= 4 is 28.8 Å². The normalized spacial score (nSPS) is 14.2. The summed E-state index contributed by atoms with van der Waals surface area (Å²) >= 11 is 1.40. The first-order valence-corrected chi connectivity index (χ1v) is 9.58. The molecular weight excluding hydrogens is 360 g/mol. The maximum absolute atomic E-state index is 12.6. The Kier molecular flexibility index (Phi) is 4.68. The Morgan fingerprint density at radius 1 is 1.26 bits per heavy atom. The average molecular weight is 378 g/mol. The van der Waals surface area contributed by atoms with Crippen molar-refractivity contribution in [2.24, 2.45) is 0 Å². The summed E-state index contributed by atoms with van der Waals surface area (Å²) in [6.07, 6.45) is 2.92. The third kappa shape index (κ3) is 3.73. The Hall–Kier alpha value is -3.06. The Morgan fingerprint density at radius 3 is 2.96 bits per heavy atom.